The second-order valence-electron chi connectivity index (χ2n) is 7.01. The molecule has 4 nitrogen and oxygen atoms in total. The predicted octanol–water partition coefficient (Wildman–Crippen LogP) is 3.94. The van der Waals surface area contributed by atoms with Crippen LogP contribution in [0, 0.1) is 11.3 Å². The maximum absolute atomic E-state index is 5.87. The van der Waals surface area contributed by atoms with Crippen LogP contribution >= 0.6 is 39.9 Å². The van der Waals surface area contributed by atoms with Crippen molar-refractivity contribution in [1.29, 1.82) is 0 Å². The largest absolute Gasteiger partial charge is 0.377 e. The van der Waals surface area contributed by atoms with E-state index in [4.69, 9.17) is 9.73 Å². The van der Waals surface area contributed by atoms with Crippen LogP contribution in [0.1, 0.15) is 32.8 Å². The highest BCUT2D eigenvalue weighted by Gasteiger charge is 2.59. The Morgan fingerprint density at radius 2 is 2.04 bits per heavy atom. The van der Waals surface area contributed by atoms with Gasteiger partial charge in [-0.1, -0.05) is 41.9 Å². The third kappa shape index (κ3) is 4.07. The molecule has 1 aliphatic heterocycles. The normalized spacial score (nSPS) is 27.7. The molecule has 2 N–H and O–H groups in total. The van der Waals surface area contributed by atoms with E-state index in [1.807, 2.05) is 0 Å². The molecule has 1 aromatic carbocycles. The Kier molecular flexibility index (Phi) is 6.96. The number of hydrogen-bond acceptors (Lipinski definition) is 2. The summed E-state index contributed by atoms with van der Waals surface area (Å²) in [6.45, 7) is 9.11. The highest BCUT2D eigenvalue weighted by Crippen LogP contribution is 2.52. The summed E-state index contributed by atoms with van der Waals surface area (Å²) in [6.07, 6.45) is 1.55. The minimum atomic E-state index is 0. The summed E-state index contributed by atoms with van der Waals surface area (Å²) in [5.41, 5.74) is 1.37. The van der Waals surface area contributed by atoms with Gasteiger partial charge >= 0.3 is 0 Å². The zero-order valence-corrected chi connectivity index (χ0v) is 18.4. The van der Waals surface area contributed by atoms with E-state index in [1.165, 1.54) is 5.56 Å². The lowest BCUT2D eigenvalue weighted by Crippen LogP contribution is -2.67. The number of rotatable bonds is 4. The van der Waals surface area contributed by atoms with Gasteiger partial charge in [0.15, 0.2) is 5.96 Å². The summed E-state index contributed by atoms with van der Waals surface area (Å²) in [5, 5.41) is 7.02. The van der Waals surface area contributed by atoms with Crippen LogP contribution in [0.5, 0.6) is 0 Å². The number of halogens is 2. The predicted molar refractivity (Wildman–Crippen MR) is 113 cm³/mol. The van der Waals surface area contributed by atoms with E-state index in [0.29, 0.717) is 24.6 Å². The zero-order valence-electron chi connectivity index (χ0n) is 14.5. The fourth-order valence-corrected chi connectivity index (χ4v) is 4.11. The Hall–Kier alpha value is -0.340. The molecule has 0 spiro atoms. The maximum atomic E-state index is 5.87. The van der Waals surface area contributed by atoms with E-state index in [9.17, 15) is 0 Å². The lowest BCUT2D eigenvalue weighted by molar-refractivity contribution is -0.106. The van der Waals surface area contributed by atoms with E-state index in [2.05, 4.69) is 71.6 Å². The highest BCUT2D eigenvalue weighted by atomic mass is 127. The third-order valence-corrected chi connectivity index (χ3v) is 5.60. The fraction of sp³-hybridized carbons (Fsp3) is 0.611. The zero-order chi connectivity index (χ0) is 16.4. The number of ether oxygens (including phenoxy) is 1. The van der Waals surface area contributed by atoms with Crippen LogP contribution in [-0.2, 0) is 11.3 Å². The van der Waals surface area contributed by atoms with Crippen LogP contribution in [0.15, 0.2) is 33.7 Å². The van der Waals surface area contributed by atoms with Crippen LogP contribution in [-0.4, -0.2) is 31.3 Å². The van der Waals surface area contributed by atoms with Crippen molar-refractivity contribution in [2.75, 3.05) is 13.2 Å². The van der Waals surface area contributed by atoms with E-state index < -0.39 is 0 Å². The van der Waals surface area contributed by atoms with Gasteiger partial charge in [0.2, 0.25) is 0 Å². The number of benzene rings is 1. The second-order valence-corrected chi connectivity index (χ2v) is 7.92. The molecule has 0 radical (unpaired) electrons. The lowest BCUT2D eigenvalue weighted by atomic mass is 9.57. The van der Waals surface area contributed by atoms with Crippen LogP contribution in [0.2, 0.25) is 0 Å². The number of nitrogens with zero attached hydrogens (tertiary/aromatic N) is 1. The standard InChI is InChI=1S/C18H26BrN3O.HI/c1-4-20-17(21-11-12-5-7-13(19)8-6-12)22-15-14-9-10-23-16(14)18(15,2)3;/h5-8,14-16H,4,9-11H2,1-3H3,(H2,20,21,22);1H. The van der Waals surface area contributed by atoms with Gasteiger partial charge in [-0.25, -0.2) is 4.99 Å². The monoisotopic (exact) mass is 507 g/mol. The molecular formula is C18H27BrIN3O. The molecule has 0 bridgehead atoms. The van der Waals surface area contributed by atoms with Gasteiger partial charge in [-0.05, 0) is 31.0 Å². The van der Waals surface area contributed by atoms with E-state index in [1.54, 1.807) is 0 Å². The van der Waals surface area contributed by atoms with Crippen molar-refractivity contribution in [2.45, 2.75) is 45.9 Å². The van der Waals surface area contributed by atoms with Crippen LogP contribution < -0.4 is 10.6 Å². The van der Waals surface area contributed by atoms with Gasteiger partial charge in [0.05, 0.1) is 12.6 Å². The number of fused-ring (bicyclic) bond motifs is 1. The van der Waals surface area contributed by atoms with Gasteiger partial charge in [0.1, 0.15) is 0 Å². The molecule has 0 amide bonds. The summed E-state index contributed by atoms with van der Waals surface area (Å²) in [6, 6.07) is 8.75. The molecule has 24 heavy (non-hydrogen) atoms. The van der Waals surface area contributed by atoms with E-state index in [-0.39, 0.29) is 29.4 Å². The van der Waals surface area contributed by atoms with Crippen LogP contribution in [0.4, 0.5) is 0 Å². The average molecular weight is 508 g/mol. The smallest absolute Gasteiger partial charge is 0.191 e. The molecule has 3 rings (SSSR count). The molecule has 0 aromatic heterocycles. The number of hydrogen-bond donors (Lipinski definition) is 2. The first-order valence-corrected chi connectivity index (χ1v) is 9.22. The van der Waals surface area contributed by atoms with Gasteiger partial charge < -0.3 is 15.4 Å². The third-order valence-electron chi connectivity index (χ3n) is 5.07. The number of nitrogens with one attached hydrogen (secondary N) is 2. The Labute approximate surface area is 170 Å². The number of guanidine groups is 1. The first-order chi connectivity index (χ1) is 11.0. The van der Waals surface area contributed by atoms with Crippen molar-refractivity contribution in [2.24, 2.45) is 16.3 Å². The molecule has 2 fully saturated rings. The lowest BCUT2D eigenvalue weighted by Gasteiger charge is -2.54. The van der Waals surface area contributed by atoms with Crippen molar-refractivity contribution < 1.29 is 4.74 Å². The first kappa shape index (κ1) is 20.0. The van der Waals surface area contributed by atoms with E-state index in [0.717, 1.165) is 30.0 Å². The van der Waals surface area contributed by atoms with Gasteiger partial charge in [-0.3, -0.25) is 0 Å². The average Bonchev–Trinajstić information content (AvgIpc) is 2.98. The molecule has 1 saturated carbocycles. The highest BCUT2D eigenvalue weighted by molar-refractivity contribution is 14.0. The molecular weight excluding hydrogens is 481 g/mol. The molecule has 3 unspecified atom stereocenters. The van der Waals surface area contributed by atoms with Crippen LogP contribution in [0.3, 0.4) is 0 Å². The van der Waals surface area contributed by atoms with Gasteiger partial charge in [0.25, 0.3) is 0 Å². The van der Waals surface area contributed by atoms with Crippen molar-refractivity contribution in [3.8, 4) is 0 Å². The summed E-state index contributed by atoms with van der Waals surface area (Å²) in [5.74, 6) is 1.51. The Bertz CT molecular complexity index is 576. The Morgan fingerprint density at radius 3 is 2.71 bits per heavy atom. The summed E-state index contributed by atoms with van der Waals surface area (Å²) >= 11 is 3.47. The molecule has 3 atom stereocenters. The Balaban J connectivity index is 0.00000208. The number of aliphatic imine (C=N–C) groups is 1. The van der Waals surface area contributed by atoms with Gasteiger partial charge in [-0.15, -0.1) is 24.0 Å². The topological polar surface area (TPSA) is 45.7 Å². The van der Waals surface area contributed by atoms with Gasteiger partial charge in [0, 0.05) is 35.0 Å². The molecule has 1 aliphatic carbocycles. The molecule has 2 aliphatic rings. The molecule has 1 heterocycles. The summed E-state index contributed by atoms with van der Waals surface area (Å²) in [4.78, 5) is 4.75. The summed E-state index contributed by atoms with van der Waals surface area (Å²) < 4.78 is 6.97. The second kappa shape index (κ2) is 8.36. The van der Waals surface area contributed by atoms with Crippen molar-refractivity contribution in [3.63, 3.8) is 0 Å². The molecule has 6 heteroatoms. The minimum Gasteiger partial charge on any atom is -0.377 e. The quantitative estimate of drug-likeness (QED) is 0.368. The molecule has 1 saturated heterocycles. The Morgan fingerprint density at radius 1 is 1.33 bits per heavy atom. The van der Waals surface area contributed by atoms with E-state index >= 15 is 0 Å². The molecule has 134 valence electrons. The molecule has 1 aromatic rings. The van der Waals surface area contributed by atoms with Crippen molar-refractivity contribution in [1.82, 2.24) is 10.6 Å². The van der Waals surface area contributed by atoms with Gasteiger partial charge in [-0.2, -0.15) is 0 Å². The van der Waals surface area contributed by atoms with Crippen LogP contribution in [0.25, 0.3) is 0 Å². The summed E-state index contributed by atoms with van der Waals surface area (Å²) in [7, 11) is 0. The van der Waals surface area contributed by atoms with Crippen molar-refractivity contribution >= 4 is 45.9 Å². The fourth-order valence-electron chi connectivity index (χ4n) is 3.84. The minimum absolute atomic E-state index is 0. The van der Waals surface area contributed by atoms with Crippen molar-refractivity contribution in [3.05, 3.63) is 34.3 Å². The maximum Gasteiger partial charge on any atom is 0.191 e. The first-order valence-electron chi connectivity index (χ1n) is 8.43. The SMILES string of the molecule is CCNC(=NCc1ccc(Br)cc1)NC1C2CCOC2C1(C)C.I.